The number of aliphatic hydroxyl groups is 1. The topological polar surface area (TPSA) is 61.4 Å². The predicted molar refractivity (Wildman–Crippen MR) is 61.7 cm³/mol. The number of rotatable bonds is 8. The zero-order valence-electron chi connectivity index (χ0n) is 10.0. The Morgan fingerprint density at radius 3 is 2.53 bits per heavy atom. The highest BCUT2D eigenvalue weighted by Crippen LogP contribution is 1.93. The van der Waals surface area contributed by atoms with Gasteiger partial charge in [-0.25, -0.2) is 0 Å². The summed E-state index contributed by atoms with van der Waals surface area (Å²) < 4.78 is 0. The number of nitrogens with one attached hydrogen (secondary N) is 2. The molecule has 2 atom stereocenters. The van der Waals surface area contributed by atoms with Crippen LogP contribution < -0.4 is 10.6 Å². The van der Waals surface area contributed by atoms with Gasteiger partial charge in [0.25, 0.3) is 0 Å². The molecule has 4 nitrogen and oxygen atoms in total. The first-order valence-corrected chi connectivity index (χ1v) is 5.78. The molecule has 0 spiro atoms. The Labute approximate surface area is 92.4 Å². The molecule has 1 amide bonds. The summed E-state index contributed by atoms with van der Waals surface area (Å²) in [5.41, 5.74) is 0. The van der Waals surface area contributed by atoms with Crippen LogP contribution in [0.15, 0.2) is 0 Å². The highest BCUT2D eigenvalue weighted by molar-refractivity contribution is 5.78. The lowest BCUT2D eigenvalue weighted by atomic mass is 10.2. The van der Waals surface area contributed by atoms with Crippen molar-refractivity contribution in [3.05, 3.63) is 0 Å². The molecule has 0 aromatic rings. The zero-order chi connectivity index (χ0) is 11.7. The number of carbonyl (C=O) groups excluding carboxylic acids is 1. The van der Waals surface area contributed by atoms with E-state index in [1.165, 1.54) is 0 Å². The van der Waals surface area contributed by atoms with Crippen LogP contribution in [0.3, 0.4) is 0 Å². The molecule has 3 N–H and O–H groups in total. The lowest BCUT2D eigenvalue weighted by Crippen LogP contribution is -2.39. The van der Waals surface area contributed by atoms with Crippen molar-refractivity contribution in [1.29, 1.82) is 0 Å². The van der Waals surface area contributed by atoms with E-state index < -0.39 is 0 Å². The van der Waals surface area contributed by atoms with Crippen LogP contribution >= 0.6 is 0 Å². The van der Waals surface area contributed by atoms with Crippen molar-refractivity contribution in [3.63, 3.8) is 0 Å². The molecule has 4 heteroatoms. The van der Waals surface area contributed by atoms with Gasteiger partial charge < -0.3 is 15.7 Å². The fourth-order valence-electron chi connectivity index (χ4n) is 1.10. The maximum absolute atomic E-state index is 11.3. The van der Waals surface area contributed by atoms with Gasteiger partial charge in [-0.1, -0.05) is 13.8 Å². The summed E-state index contributed by atoms with van der Waals surface area (Å²) in [6.07, 6.45) is 2.16. The maximum Gasteiger partial charge on any atom is 0.234 e. The minimum Gasteiger partial charge on any atom is -0.393 e. The molecule has 0 rings (SSSR count). The summed E-state index contributed by atoms with van der Waals surface area (Å²) in [5.74, 6) is 0.0235. The maximum atomic E-state index is 11.3. The Kier molecular flexibility index (Phi) is 8.33. The average molecular weight is 216 g/mol. The molecule has 0 saturated heterocycles. The van der Waals surface area contributed by atoms with Crippen LogP contribution in [-0.4, -0.2) is 36.2 Å². The molecule has 0 fully saturated rings. The van der Waals surface area contributed by atoms with Gasteiger partial charge in [-0.3, -0.25) is 4.79 Å². The molecule has 0 bridgehead atoms. The monoisotopic (exact) mass is 216 g/mol. The van der Waals surface area contributed by atoms with Crippen LogP contribution in [-0.2, 0) is 4.79 Å². The fraction of sp³-hybridized carbons (Fsp3) is 0.909. The van der Waals surface area contributed by atoms with Gasteiger partial charge in [0.05, 0.1) is 12.6 Å². The Hall–Kier alpha value is -0.610. The third-order valence-electron chi connectivity index (χ3n) is 2.43. The predicted octanol–water partition coefficient (Wildman–Crippen LogP) is 0.652. The molecule has 0 aromatic heterocycles. The number of hydrogen-bond acceptors (Lipinski definition) is 3. The Balaban J connectivity index is 3.39. The molecule has 0 aliphatic heterocycles. The van der Waals surface area contributed by atoms with Gasteiger partial charge in [0, 0.05) is 6.04 Å². The van der Waals surface area contributed by atoms with Gasteiger partial charge in [0.15, 0.2) is 0 Å². The Bertz CT molecular complexity index is 174. The summed E-state index contributed by atoms with van der Waals surface area (Å²) in [6, 6.07) is 0.237. The molecule has 0 aliphatic carbocycles. The summed E-state index contributed by atoms with van der Waals surface area (Å²) >= 11 is 0. The van der Waals surface area contributed by atoms with Crippen LogP contribution in [0.1, 0.15) is 40.0 Å². The Morgan fingerprint density at radius 1 is 1.33 bits per heavy atom. The van der Waals surface area contributed by atoms with Gasteiger partial charge >= 0.3 is 0 Å². The first kappa shape index (κ1) is 14.4. The summed E-state index contributed by atoms with van der Waals surface area (Å²) in [4.78, 5) is 11.3. The fourth-order valence-corrected chi connectivity index (χ4v) is 1.10. The van der Waals surface area contributed by atoms with E-state index in [-0.39, 0.29) is 18.1 Å². The zero-order valence-corrected chi connectivity index (χ0v) is 10.0. The molecule has 90 valence electrons. The lowest BCUT2D eigenvalue weighted by molar-refractivity contribution is -0.120. The van der Waals surface area contributed by atoms with Crippen LogP contribution in [0.5, 0.6) is 0 Å². The van der Waals surface area contributed by atoms with Gasteiger partial charge in [0.2, 0.25) is 5.91 Å². The summed E-state index contributed by atoms with van der Waals surface area (Å²) in [7, 11) is 0. The molecule has 15 heavy (non-hydrogen) atoms. The van der Waals surface area contributed by atoms with Crippen LogP contribution in [0.25, 0.3) is 0 Å². The van der Waals surface area contributed by atoms with Gasteiger partial charge in [-0.05, 0) is 32.7 Å². The largest absolute Gasteiger partial charge is 0.393 e. The smallest absolute Gasteiger partial charge is 0.234 e. The summed E-state index contributed by atoms with van der Waals surface area (Å²) in [6.45, 7) is 6.98. The van der Waals surface area contributed by atoms with E-state index in [0.717, 1.165) is 12.8 Å². The standard InChI is InChI=1S/C11H24N2O2/c1-4-9(3)13-11(15)8-12-7-6-10(14)5-2/h9-10,12,14H,4-8H2,1-3H3,(H,13,15). The minimum atomic E-state index is -0.255. The molecule has 0 radical (unpaired) electrons. The number of aliphatic hydroxyl groups excluding tert-OH is 1. The summed E-state index contributed by atoms with van der Waals surface area (Å²) in [5, 5.41) is 15.1. The van der Waals surface area contributed by atoms with Crippen LogP contribution in [0, 0.1) is 0 Å². The first-order valence-electron chi connectivity index (χ1n) is 5.78. The van der Waals surface area contributed by atoms with Crippen molar-refractivity contribution in [3.8, 4) is 0 Å². The molecule has 0 aromatic carbocycles. The van der Waals surface area contributed by atoms with Gasteiger partial charge in [0.1, 0.15) is 0 Å². The van der Waals surface area contributed by atoms with Crippen molar-refractivity contribution in [2.75, 3.05) is 13.1 Å². The van der Waals surface area contributed by atoms with E-state index >= 15 is 0 Å². The molecular weight excluding hydrogens is 192 g/mol. The lowest BCUT2D eigenvalue weighted by Gasteiger charge is -2.12. The van der Waals surface area contributed by atoms with Gasteiger partial charge in [-0.2, -0.15) is 0 Å². The highest BCUT2D eigenvalue weighted by Gasteiger charge is 2.05. The van der Waals surface area contributed by atoms with Crippen molar-refractivity contribution in [2.45, 2.75) is 52.2 Å². The SMILES string of the molecule is CCC(O)CCNCC(=O)NC(C)CC. The van der Waals surface area contributed by atoms with E-state index in [4.69, 9.17) is 0 Å². The molecule has 0 aliphatic rings. The minimum absolute atomic E-state index is 0.0235. The second-order valence-electron chi connectivity index (χ2n) is 3.90. The normalized spacial score (nSPS) is 14.7. The van der Waals surface area contributed by atoms with Crippen LogP contribution in [0.2, 0.25) is 0 Å². The van der Waals surface area contributed by atoms with Gasteiger partial charge in [-0.15, -0.1) is 0 Å². The van der Waals surface area contributed by atoms with Crippen molar-refractivity contribution >= 4 is 5.91 Å². The first-order chi connectivity index (χ1) is 7.10. The van der Waals surface area contributed by atoms with E-state index in [1.54, 1.807) is 0 Å². The van der Waals surface area contributed by atoms with E-state index in [9.17, 15) is 9.90 Å². The molecule has 0 heterocycles. The Morgan fingerprint density at radius 2 is 2.00 bits per heavy atom. The van der Waals surface area contributed by atoms with Crippen molar-refractivity contribution in [2.24, 2.45) is 0 Å². The molecule has 2 unspecified atom stereocenters. The number of carbonyl (C=O) groups is 1. The highest BCUT2D eigenvalue weighted by atomic mass is 16.3. The van der Waals surface area contributed by atoms with Crippen molar-refractivity contribution < 1.29 is 9.90 Å². The van der Waals surface area contributed by atoms with E-state index in [0.29, 0.717) is 19.5 Å². The second kappa shape index (κ2) is 8.68. The molecular formula is C11H24N2O2. The number of amides is 1. The number of hydrogen-bond donors (Lipinski definition) is 3. The third-order valence-corrected chi connectivity index (χ3v) is 2.43. The molecule has 0 saturated carbocycles. The quantitative estimate of drug-likeness (QED) is 0.522. The average Bonchev–Trinajstić information content (AvgIpc) is 2.23. The van der Waals surface area contributed by atoms with Crippen LogP contribution in [0.4, 0.5) is 0 Å². The second-order valence-corrected chi connectivity index (χ2v) is 3.90. The third kappa shape index (κ3) is 8.39. The van der Waals surface area contributed by atoms with E-state index in [1.807, 2.05) is 20.8 Å². The van der Waals surface area contributed by atoms with E-state index in [2.05, 4.69) is 10.6 Å². The van der Waals surface area contributed by atoms with Crippen molar-refractivity contribution in [1.82, 2.24) is 10.6 Å².